The smallest absolute Gasteiger partial charge is 0.296 e. The van der Waals surface area contributed by atoms with Crippen molar-refractivity contribution in [2.45, 2.75) is 27.5 Å². The van der Waals surface area contributed by atoms with Crippen molar-refractivity contribution in [2.75, 3.05) is 23.5 Å². The van der Waals surface area contributed by atoms with Crippen molar-refractivity contribution >= 4 is 102 Å². The van der Waals surface area contributed by atoms with Gasteiger partial charge in [-0.05, 0) is 54.8 Å². The van der Waals surface area contributed by atoms with Gasteiger partial charge in [0.05, 0.1) is 59.3 Å². The van der Waals surface area contributed by atoms with Crippen LogP contribution in [0.15, 0.2) is 95.8 Å². The van der Waals surface area contributed by atoms with Gasteiger partial charge in [-0.3, -0.25) is 13.3 Å². The maximum atomic E-state index is 12.4. The zero-order chi connectivity index (χ0) is 38.4. The van der Waals surface area contributed by atoms with Gasteiger partial charge in [0, 0.05) is 15.7 Å². The third-order valence-corrected chi connectivity index (χ3v) is 9.81. The monoisotopic (exact) mass is 838 g/mol. The minimum Gasteiger partial charge on any atom is -0.396 e. The van der Waals surface area contributed by atoms with E-state index in [0.29, 0.717) is 54.9 Å². The molecule has 0 saturated heterocycles. The van der Waals surface area contributed by atoms with Crippen molar-refractivity contribution in [3.8, 4) is 0 Å². The normalized spacial score (nSPS) is 12.4. The van der Waals surface area contributed by atoms with E-state index in [1.807, 2.05) is 0 Å². The lowest BCUT2D eigenvalue weighted by Crippen LogP contribution is -2.06. The lowest BCUT2D eigenvalue weighted by Gasteiger charge is -2.15. The van der Waals surface area contributed by atoms with Crippen LogP contribution >= 0.6 is 36.4 Å². The van der Waals surface area contributed by atoms with Gasteiger partial charge in [0.15, 0.2) is 12.3 Å². The SMILES string of the molecule is Nc1c(S(=O)(=O)O)cc(N=Nc2ccc(CCCOSOOO)cc2)c(NCSOOO)c1N=Nc1cc(S(=O)(=O)O)c2cccc(SOOO)c2c1. The third-order valence-electron chi connectivity index (χ3n) is 6.56. The molecule has 4 rings (SSSR count). The highest BCUT2D eigenvalue weighted by atomic mass is 32.2. The van der Waals surface area contributed by atoms with Crippen LogP contribution in [-0.2, 0) is 59.0 Å². The fraction of sp³-hybridized carbons (Fsp3) is 0.154. The zero-order valence-electron chi connectivity index (χ0n) is 26.2. The number of anilines is 2. The maximum absolute atomic E-state index is 12.4. The Labute approximate surface area is 312 Å². The van der Waals surface area contributed by atoms with Crippen LogP contribution in [0.1, 0.15) is 12.0 Å². The largest absolute Gasteiger partial charge is 0.396 e. The molecule has 0 saturated carbocycles. The summed E-state index contributed by atoms with van der Waals surface area (Å²) in [4.78, 5) is -1.22. The van der Waals surface area contributed by atoms with Crippen LogP contribution in [0.4, 0.5) is 34.1 Å². The minimum absolute atomic E-state index is 0.0279. The Hall–Kier alpha value is -3.59. The second kappa shape index (κ2) is 20.2. The summed E-state index contributed by atoms with van der Waals surface area (Å²) in [5.74, 6) is -0.220. The molecule has 0 fully saturated rings. The van der Waals surface area contributed by atoms with Gasteiger partial charge in [0.2, 0.25) is 0 Å². The molecule has 0 unspecified atom stereocenters. The number of nitrogen functional groups attached to an aromatic ring is 1. The van der Waals surface area contributed by atoms with Gasteiger partial charge in [-0.25, -0.2) is 15.8 Å². The quantitative estimate of drug-likeness (QED) is 0.00622. The Balaban J connectivity index is 1.78. The molecule has 4 aromatic carbocycles. The molecule has 27 heteroatoms. The van der Waals surface area contributed by atoms with Gasteiger partial charge < -0.3 is 11.1 Å². The molecular weight excluding hydrogens is 813 g/mol. The Morgan fingerprint density at radius 3 is 2.13 bits per heavy atom. The first-order valence-electron chi connectivity index (χ1n) is 14.0. The summed E-state index contributed by atoms with van der Waals surface area (Å²) in [6, 6.07) is 14.2. The molecule has 22 nitrogen and oxygen atoms in total. The molecule has 0 heterocycles. The Bertz CT molecular complexity index is 2140. The number of nitrogens with two attached hydrogens (primary N) is 1. The van der Waals surface area contributed by atoms with Crippen molar-refractivity contribution < 1.29 is 74.0 Å². The van der Waals surface area contributed by atoms with E-state index in [4.69, 9.17) is 25.7 Å². The minimum atomic E-state index is -5.02. The average molecular weight is 839 g/mol. The van der Waals surface area contributed by atoms with Gasteiger partial charge in [-0.15, -0.1) is 23.2 Å². The first kappa shape index (κ1) is 42.2. The average Bonchev–Trinajstić information content (AvgIpc) is 3.12. The number of hydrogen-bond donors (Lipinski definition) is 7. The lowest BCUT2D eigenvalue weighted by molar-refractivity contribution is -0.434. The molecule has 0 aromatic heterocycles. The molecule has 53 heavy (non-hydrogen) atoms. The van der Waals surface area contributed by atoms with Gasteiger partial charge in [-0.2, -0.15) is 27.1 Å². The topological polar surface area (TPSA) is 322 Å². The first-order chi connectivity index (χ1) is 25.4. The van der Waals surface area contributed by atoms with Crippen LogP contribution < -0.4 is 11.1 Å². The van der Waals surface area contributed by atoms with E-state index in [1.165, 1.54) is 24.3 Å². The second-order valence-corrected chi connectivity index (χ2v) is 14.5. The van der Waals surface area contributed by atoms with E-state index >= 15 is 0 Å². The lowest BCUT2D eigenvalue weighted by atomic mass is 10.1. The summed E-state index contributed by atoms with van der Waals surface area (Å²) in [5, 5.41) is 55.2. The number of hydrogen-bond acceptors (Lipinski definition) is 23. The van der Waals surface area contributed by atoms with Crippen molar-refractivity contribution in [1.82, 2.24) is 0 Å². The molecule has 4 aromatic rings. The Morgan fingerprint density at radius 1 is 0.755 bits per heavy atom. The second-order valence-electron chi connectivity index (χ2n) is 9.79. The number of benzene rings is 4. The van der Waals surface area contributed by atoms with Crippen LogP contribution in [0.3, 0.4) is 0 Å². The number of aryl methyl sites for hydroxylation is 1. The predicted octanol–water partition coefficient (Wildman–Crippen LogP) is 7.55. The molecule has 0 bridgehead atoms. The molecule has 0 aliphatic carbocycles. The van der Waals surface area contributed by atoms with Gasteiger partial charge in [0.25, 0.3) is 20.2 Å². The van der Waals surface area contributed by atoms with Crippen molar-refractivity contribution in [2.24, 2.45) is 20.5 Å². The molecule has 0 spiro atoms. The van der Waals surface area contributed by atoms with E-state index in [1.54, 1.807) is 24.3 Å². The van der Waals surface area contributed by atoms with Crippen LogP contribution in [0.5, 0.6) is 0 Å². The van der Waals surface area contributed by atoms with Gasteiger partial charge >= 0.3 is 0 Å². The number of azo groups is 2. The summed E-state index contributed by atoms with van der Waals surface area (Å²) in [6.07, 6.45) is 1.19. The van der Waals surface area contributed by atoms with E-state index in [2.05, 4.69) is 53.9 Å². The molecule has 0 amide bonds. The standard InChI is InChI=1S/C26H26N6O16S5/c27-24-23(53(39,40)41)13-20(31-29-16-8-6-15(7-9-16)3-2-10-42-51-48-45-35)25(28-14-49-46-43-33)26(24)32-30-17-11-19-18(22(12-17)52(36,37)38)4-1-5-21(19)50-47-44-34/h1,4-9,11-13,28,33-35H,2-3,10,14,27H2,(H,36,37,38)(H,39,40,41). The first-order valence-corrected chi connectivity index (χ1v) is 19.2. The summed E-state index contributed by atoms with van der Waals surface area (Å²) in [6.45, 7) is 0.281. The molecule has 0 aliphatic heterocycles. The fourth-order valence-electron chi connectivity index (χ4n) is 4.42. The fourth-order valence-corrected chi connectivity index (χ4v) is 6.82. The van der Waals surface area contributed by atoms with Crippen molar-refractivity contribution in [3.05, 3.63) is 66.2 Å². The highest BCUT2D eigenvalue weighted by Gasteiger charge is 2.24. The highest BCUT2D eigenvalue weighted by Crippen LogP contribution is 2.46. The van der Waals surface area contributed by atoms with Crippen molar-refractivity contribution in [1.29, 1.82) is 0 Å². The van der Waals surface area contributed by atoms with Gasteiger partial charge in [-0.1, -0.05) is 39.4 Å². The van der Waals surface area contributed by atoms with Crippen LogP contribution in [0.25, 0.3) is 10.8 Å². The molecule has 0 atom stereocenters. The molecule has 286 valence electrons. The van der Waals surface area contributed by atoms with E-state index < -0.39 is 41.4 Å². The zero-order valence-corrected chi connectivity index (χ0v) is 30.3. The number of rotatable bonds is 21. The van der Waals surface area contributed by atoms with Crippen LogP contribution in [0.2, 0.25) is 0 Å². The van der Waals surface area contributed by atoms with Crippen LogP contribution in [-0.4, -0.2) is 54.2 Å². The summed E-state index contributed by atoms with van der Waals surface area (Å²) >= 11 is 1.49. The summed E-state index contributed by atoms with van der Waals surface area (Å²) in [5.41, 5.74) is 5.76. The number of nitrogens with zero attached hydrogens (tertiary/aromatic N) is 4. The van der Waals surface area contributed by atoms with E-state index in [0.717, 1.165) is 17.7 Å². The molecular formula is C26H26N6O16S5. The van der Waals surface area contributed by atoms with E-state index in [-0.39, 0.29) is 45.2 Å². The summed E-state index contributed by atoms with van der Waals surface area (Å²) in [7, 11) is -9.89. The third kappa shape index (κ3) is 12.2. The Kier molecular flexibility index (Phi) is 16.1. The maximum Gasteiger partial charge on any atom is 0.296 e. The molecule has 8 N–H and O–H groups in total. The Morgan fingerprint density at radius 2 is 1.45 bits per heavy atom. The van der Waals surface area contributed by atoms with Crippen molar-refractivity contribution in [3.63, 3.8) is 0 Å². The van der Waals surface area contributed by atoms with Crippen LogP contribution in [0, 0.1) is 0 Å². The molecule has 0 radical (unpaired) electrons. The van der Waals surface area contributed by atoms with Gasteiger partial charge in [0.1, 0.15) is 21.2 Å². The van der Waals surface area contributed by atoms with E-state index in [9.17, 15) is 25.9 Å². The highest BCUT2D eigenvalue weighted by molar-refractivity contribution is 7.95. The number of fused-ring (bicyclic) bond motifs is 1. The predicted molar refractivity (Wildman–Crippen MR) is 187 cm³/mol. The number of nitrogens with one attached hydrogen (secondary N) is 1. The molecule has 0 aliphatic rings. The summed E-state index contributed by atoms with van der Waals surface area (Å²) < 4.78 is 87.5.